The van der Waals surface area contributed by atoms with Crippen LogP contribution in [0.3, 0.4) is 0 Å². The Morgan fingerprint density at radius 1 is 1.25 bits per heavy atom. The minimum atomic E-state index is -0.0427. The minimum Gasteiger partial charge on any atom is -0.496 e. The molecular formula is C14H16IN3O2. The number of aryl methyl sites for hydroxylation is 2. The van der Waals surface area contributed by atoms with E-state index in [2.05, 4.69) is 9.97 Å². The van der Waals surface area contributed by atoms with Crippen LogP contribution >= 0.6 is 22.6 Å². The topological polar surface area (TPSA) is 57.0 Å². The molecule has 0 radical (unpaired) electrons. The average Bonchev–Trinajstić information content (AvgIpc) is 2.42. The summed E-state index contributed by atoms with van der Waals surface area (Å²) in [6.07, 6.45) is 3.35. The van der Waals surface area contributed by atoms with Crippen molar-refractivity contribution in [3.05, 3.63) is 49.0 Å². The van der Waals surface area contributed by atoms with Crippen molar-refractivity contribution in [1.82, 2.24) is 14.5 Å². The average molecular weight is 385 g/mol. The maximum atomic E-state index is 12.2. The minimum absolute atomic E-state index is 0.0427. The summed E-state index contributed by atoms with van der Waals surface area (Å²) < 4.78 is 7.63. The first kappa shape index (κ1) is 15.0. The number of hydrogen-bond acceptors (Lipinski definition) is 4. The Kier molecular flexibility index (Phi) is 4.42. The fourth-order valence-electron chi connectivity index (χ4n) is 2.12. The van der Waals surface area contributed by atoms with Gasteiger partial charge in [0.1, 0.15) is 11.6 Å². The molecule has 6 heteroatoms. The fourth-order valence-corrected chi connectivity index (χ4v) is 2.55. The smallest absolute Gasteiger partial charge is 0.267 e. The van der Waals surface area contributed by atoms with Crippen molar-refractivity contribution < 1.29 is 4.74 Å². The molecule has 0 aromatic carbocycles. The highest BCUT2D eigenvalue weighted by molar-refractivity contribution is 14.1. The second-order valence-electron chi connectivity index (χ2n) is 4.59. The van der Waals surface area contributed by atoms with E-state index in [0.717, 1.165) is 22.6 Å². The van der Waals surface area contributed by atoms with Gasteiger partial charge in [-0.3, -0.25) is 14.3 Å². The monoisotopic (exact) mass is 385 g/mol. The van der Waals surface area contributed by atoms with Gasteiger partial charge in [-0.25, -0.2) is 4.98 Å². The summed E-state index contributed by atoms with van der Waals surface area (Å²) in [5.74, 6) is 1.50. The van der Waals surface area contributed by atoms with E-state index in [1.807, 2.05) is 43.4 Å². The second-order valence-corrected chi connectivity index (χ2v) is 5.75. The molecule has 0 unspecified atom stereocenters. The molecule has 0 N–H and O–H groups in total. The number of nitrogens with zero attached hydrogens (tertiary/aromatic N) is 3. The van der Waals surface area contributed by atoms with E-state index in [9.17, 15) is 4.79 Å². The molecule has 0 amide bonds. The van der Waals surface area contributed by atoms with Crippen LogP contribution in [-0.4, -0.2) is 21.6 Å². The lowest BCUT2D eigenvalue weighted by Crippen LogP contribution is -2.26. The zero-order chi connectivity index (χ0) is 14.9. The molecule has 2 aromatic rings. The Bertz CT molecular complexity index is 710. The maximum Gasteiger partial charge on any atom is 0.267 e. The summed E-state index contributed by atoms with van der Waals surface area (Å²) in [6, 6.07) is 0. The van der Waals surface area contributed by atoms with E-state index in [1.165, 1.54) is 0 Å². The van der Waals surface area contributed by atoms with Crippen LogP contribution in [0, 0.1) is 24.3 Å². The van der Waals surface area contributed by atoms with Gasteiger partial charge in [0.2, 0.25) is 0 Å². The number of aromatic nitrogens is 3. The van der Waals surface area contributed by atoms with Gasteiger partial charge in [0.05, 0.1) is 22.9 Å². The molecule has 0 fully saturated rings. The molecule has 0 aliphatic rings. The number of ether oxygens (including phenoxy) is 1. The lowest BCUT2D eigenvalue weighted by molar-refractivity contribution is 0.406. The lowest BCUT2D eigenvalue weighted by Gasteiger charge is -2.14. The second kappa shape index (κ2) is 5.90. The molecule has 0 saturated heterocycles. The standard InChI is InChI=1S/C14H16IN3O2/c1-8-5-17-12(9(2)13(8)20-4)7-18-10(3)16-6-11(15)14(18)19/h5-6H,7H2,1-4H3. The molecular weight excluding hydrogens is 369 g/mol. The molecule has 5 nitrogen and oxygen atoms in total. The van der Waals surface area contributed by atoms with E-state index in [1.54, 1.807) is 24.1 Å². The van der Waals surface area contributed by atoms with Crippen molar-refractivity contribution >= 4 is 22.6 Å². The van der Waals surface area contributed by atoms with Gasteiger partial charge in [0.15, 0.2) is 0 Å². The van der Waals surface area contributed by atoms with Crippen molar-refractivity contribution in [2.24, 2.45) is 0 Å². The molecule has 0 atom stereocenters. The molecule has 0 saturated carbocycles. The van der Waals surface area contributed by atoms with Crippen LogP contribution < -0.4 is 10.3 Å². The highest BCUT2D eigenvalue weighted by Gasteiger charge is 2.12. The normalized spacial score (nSPS) is 10.7. The highest BCUT2D eigenvalue weighted by atomic mass is 127. The fraction of sp³-hybridized carbons (Fsp3) is 0.357. The van der Waals surface area contributed by atoms with Crippen LogP contribution in [0.5, 0.6) is 5.75 Å². The summed E-state index contributed by atoms with van der Waals surface area (Å²) in [6.45, 7) is 6.12. The zero-order valence-corrected chi connectivity index (χ0v) is 14.1. The van der Waals surface area contributed by atoms with Gasteiger partial charge in [-0.1, -0.05) is 0 Å². The third kappa shape index (κ3) is 2.70. The van der Waals surface area contributed by atoms with Gasteiger partial charge in [0.25, 0.3) is 5.56 Å². The Hall–Kier alpha value is -1.44. The first-order chi connectivity index (χ1) is 9.45. The molecule has 2 rings (SSSR count). The number of methoxy groups -OCH3 is 1. The zero-order valence-electron chi connectivity index (χ0n) is 11.9. The quantitative estimate of drug-likeness (QED) is 0.761. The van der Waals surface area contributed by atoms with Crippen molar-refractivity contribution in [2.45, 2.75) is 27.3 Å². The van der Waals surface area contributed by atoms with Crippen LogP contribution in [0.4, 0.5) is 0 Å². The Morgan fingerprint density at radius 3 is 2.60 bits per heavy atom. The highest BCUT2D eigenvalue weighted by Crippen LogP contribution is 2.24. The van der Waals surface area contributed by atoms with E-state index >= 15 is 0 Å². The third-order valence-corrected chi connectivity index (χ3v) is 4.00. The summed E-state index contributed by atoms with van der Waals surface area (Å²) in [4.78, 5) is 20.8. The van der Waals surface area contributed by atoms with Gasteiger partial charge >= 0.3 is 0 Å². The van der Waals surface area contributed by atoms with Gasteiger partial charge < -0.3 is 4.74 Å². The van der Waals surface area contributed by atoms with Crippen LogP contribution in [0.15, 0.2) is 17.2 Å². The largest absolute Gasteiger partial charge is 0.496 e. The first-order valence-corrected chi connectivity index (χ1v) is 7.24. The van der Waals surface area contributed by atoms with Crippen molar-refractivity contribution in [1.29, 1.82) is 0 Å². The number of halogens is 1. The van der Waals surface area contributed by atoms with Crippen LogP contribution in [0.2, 0.25) is 0 Å². The molecule has 0 spiro atoms. The van der Waals surface area contributed by atoms with Gasteiger partial charge in [-0.2, -0.15) is 0 Å². The first-order valence-electron chi connectivity index (χ1n) is 6.16. The summed E-state index contributed by atoms with van der Waals surface area (Å²) in [5.41, 5.74) is 2.72. The molecule has 0 aliphatic carbocycles. The van der Waals surface area contributed by atoms with E-state index in [0.29, 0.717) is 15.9 Å². The summed E-state index contributed by atoms with van der Waals surface area (Å²) in [5, 5.41) is 0. The molecule has 20 heavy (non-hydrogen) atoms. The summed E-state index contributed by atoms with van der Waals surface area (Å²) in [7, 11) is 1.64. The van der Waals surface area contributed by atoms with Gasteiger partial charge in [0, 0.05) is 23.5 Å². The Balaban J connectivity index is 2.51. The molecule has 0 bridgehead atoms. The van der Waals surface area contributed by atoms with E-state index in [-0.39, 0.29) is 5.56 Å². The van der Waals surface area contributed by atoms with E-state index < -0.39 is 0 Å². The van der Waals surface area contributed by atoms with Gasteiger partial charge in [-0.15, -0.1) is 0 Å². The van der Waals surface area contributed by atoms with Crippen LogP contribution in [0.1, 0.15) is 22.6 Å². The van der Waals surface area contributed by atoms with Crippen molar-refractivity contribution in [2.75, 3.05) is 7.11 Å². The maximum absolute atomic E-state index is 12.2. The SMILES string of the molecule is COc1c(C)cnc(Cn2c(C)ncc(I)c2=O)c1C. The number of hydrogen-bond donors (Lipinski definition) is 0. The third-order valence-electron chi connectivity index (χ3n) is 3.26. The lowest BCUT2D eigenvalue weighted by atomic mass is 10.1. The van der Waals surface area contributed by atoms with E-state index in [4.69, 9.17) is 4.74 Å². The van der Waals surface area contributed by atoms with Crippen molar-refractivity contribution in [3.63, 3.8) is 0 Å². The summed E-state index contributed by atoms with van der Waals surface area (Å²) >= 11 is 2.00. The predicted molar refractivity (Wildman–Crippen MR) is 85.3 cm³/mol. The molecule has 2 heterocycles. The molecule has 106 valence electrons. The molecule has 2 aromatic heterocycles. The van der Waals surface area contributed by atoms with Crippen LogP contribution in [0.25, 0.3) is 0 Å². The molecule has 0 aliphatic heterocycles. The van der Waals surface area contributed by atoms with Gasteiger partial charge in [-0.05, 0) is 43.4 Å². The Morgan fingerprint density at radius 2 is 1.95 bits per heavy atom. The van der Waals surface area contributed by atoms with Crippen LogP contribution in [-0.2, 0) is 6.54 Å². The number of pyridine rings is 1. The predicted octanol–water partition coefficient (Wildman–Crippen LogP) is 2.23. The number of rotatable bonds is 3. The van der Waals surface area contributed by atoms with Crippen molar-refractivity contribution in [3.8, 4) is 5.75 Å². The Labute approximate surface area is 131 Å².